The van der Waals surface area contributed by atoms with Gasteiger partial charge >= 0.3 is 0 Å². The zero-order valence-electron chi connectivity index (χ0n) is 19.6. The number of ether oxygens (including phenoxy) is 1. The molecule has 1 N–H and O–H groups in total. The van der Waals surface area contributed by atoms with E-state index < -0.39 is 0 Å². The van der Waals surface area contributed by atoms with Gasteiger partial charge in [-0.25, -0.2) is 4.98 Å². The summed E-state index contributed by atoms with van der Waals surface area (Å²) in [7, 11) is 3.55. The van der Waals surface area contributed by atoms with Crippen LogP contribution in [-0.2, 0) is 11.8 Å². The van der Waals surface area contributed by atoms with Crippen molar-refractivity contribution in [2.24, 2.45) is 7.05 Å². The molecule has 0 radical (unpaired) electrons. The maximum absolute atomic E-state index is 13.5. The maximum Gasteiger partial charge on any atom is 0.254 e. The van der Waals surface area contributed by atoms with Crippen molar-refractivity contribution in [2.75, 3.05) is 24.7 Å². The number of aromatic nitrogens is 2. The summed E-state index contributed by atoms with van der Waals surface area (Å²) in [5.74, 6) is 0.986. The third-order valence-electron chi connectivity index (χ3n) is 6.04. The van der Waals surface area contributed by atoms with Crippen molar-refractivity contribution in [3.05, 3.63) is 72.1 Å². The van der Waals surface area contributed by atoms with Crippen LogP contribution in [0.2, 0.25) is 0 Å². The van der Waals surface area contributed by atoms with E-state index in [-0.39, 0.29) is 23.6 Å². The van der Waals surface area contributed by atoms with E-state index in [2.05, 4.69) is 22.4 Å². The Morgan fingerprint density at radius 3 is 2.53 bits per heavy atom. The lowest BCUT2D eigenvalue weighted by Crippen LogP contribution is -2.34. The Labute approximate surface area is 204 Å². The van der Waals surface area contributed by atoms with Gasteiger partial charge in [0, 0.05) is 37.2 Å². The van der Waals surface area contributed by atoms with E-state index in [9.17, 15) is 9.59 Å². The van der Waals surface area contributed by atoms with Gasteiger partial charge in [0.25, 0.3) is 5.91 Å². The van der Waals surface area contributed by atoms with E-state index in [1.165, 1.54) is 11.8 Å². The molecule has 7 nitrogen and oxygen atoms in total. The average Bonchev–Trinajstić information content (AvgIpc) is 3.12. The molecule has 1 atom stereocenters. The molecule has 34 heavy (non-hydrogen) atoms. The molecule has 8 heteroatoms. The highest BCUT2D eigenvalue weighted by Gasteiger charge is 2.27. The largest absolute Gasteiger partial charge is 0.497 e. The maximum atomic E-state index is 13.5. The molecule has 2 heterocycles. The number of likely N-dealkylation sites (tertiary alicyclic amines) is 1. The van der Waals surface area contributed by atoms with Gasteiger partial charge in [0.15, 0.2) is 5.16 Å². The van der Waals surface area contributed by atoms with Gasteiger partial charge in [0.05, 0.1) is 18.9 Å². The van der Waals surface area contributed by atoms with Gasteiger partial charge < -0.3 is 19.5 Å². The molecular weight excluding hydrogens is 448 g/mol. The van der Waals surface area contributed by atoms with Crippen molar-refractivity contribution in [2.45, 2.75) is 36.9 Å². The molecule has 3 aromatic rings. The van der Waals surface area contributed by atoms with Gasteiger partial charge in [-0.1, -0.05) is 36.7 Å². The SMILES string of the molecule is COc1ccc([C@H]2CCCCCN2C(=O)c2ccc(NC(=O)CSc3nccn3C)cc2)cc1. The number of carbonyl (C=O) groups excluding carboxylic acids is 2. The van der Waals surface area contributed by atoms with Crippen LogP contribution in [0.4, 0.5) is 5.69 Å². The number of thioether (sulfide) groups is 1. The summed E-state index contributed by atoms with van der Waals surface area (Å²) in [5, 5.41) is 3.68. The molecule has 0 aliphatic carbocycles. The average molecular weight is 479 g/mol. The zero-order valence-corrected chi connectivity index (χ0v) is 20.4. The fourth-order valence-corrected chi connectivity index (χ4v) is 4.94. The van der Waals surface area contributed by atoms with Gasteiger partial charge in [-0.3, -0.25) is 9.59 Å². The number of rotatable bonds is 7. The second kappa shape index (κ2) is 11.2. The molecule has 1 saturated heterocycles. The van der Waals surface area contributed by atoms with Crippen LogP contribution in [0.3, 0.4) is 0 Å². The van der Waals surface area contributed by atoms with E-state index in [4.69, 9.17) is 4.74 Å². The van der Waals surface area contributed by atoms with Crippen LogP contribution in [0.25, 0.3) is 0 Å². The van der Waals surface area contributed by atoms with Crippen LogP contribution in [0.5, 0.6) is 5.75 Å². The Bertz CT molecular complexity index is 1110. The minimum absolute atomic E-state index is 0.0194. The first kappa shape index (κ1) is 23.9. The van der Waals surface area contributed by atoms with E-state index in [0.717, 1.165) is 48.7 Å². The summed E-state index contributed by atoms with van der Waals surface area (Å²) >= 11 is 1.38. The predicted octanol–water partition coefficient (Wildman–Crippen LogP) is 4.92. The van der Waals surface area contributed by atoms with Gasteiger partial charge in [0.2, 0.25) is 5.91 Å². The van der Waals surface area contributed by atoms with E-state index >= 15 is 0 Å². The smallest absolute Gasteiger partial charge is 0.254 e. The van der Waals surface area contributed by atoms with Crippen molar-refractivity contribution < 1.29 is 14.3 Å². The van der Waals surface area contributed by atoms with E-state index in [0.29, 0.717) is 11.3 Å². The Morgan fingerprint density at radius 1 is 1.09 bits per heavy atom. The summed E-state index contributed by atoms with van der Waals surface area (Å²) in [5.41, 5.74) is 2.43. The molecule has 178 valence electrons. The third-order valence-corrected chi connectivity index (χ3v) is 7.10. The second-order valence-electron chi connectivity index (χ2n) is 8.37. The van der Waals surface area contributed by atoms with Crippen LogP contribution in [-0.4, -0.2) is 45.7 Å². The number of nitrogens with one attached hydrogen (secondary N) is 1. The molecule has 1 fully saturated rings. The predicted molar refractivity (Wildman–Crippen MR) is 134 cm³/mol. The number of carbonyl (C=O) groups is 2. The minimum atomic E-state index is -0.112. The standard InChI is InChI=1S/C26H30N4O3S/c1-29-17-15-27-26(29)34-18-24(31)28-21-11-7-20(8-12-21)25(32)30-16-5-3-4-6-23(30)19-9-13-22(33-2)14-10-19/h7-15,17,23H,3-6,16,18H2,1-2H3,(H,28,31)/t23-/m1/s1. The van der Waals surface area contributed by atoms with E-state index in [1.54, 1.807) is 37.6 Å². The third kappa shape index (κ3) is 5.80. The molecule has 1 aliphatic rings. The van der Waals surface area contributed by atoms with Crippen molar-refractivity contribution in [3.63, 3.8) is 0 Å². The number of amides is 2. The molecule has 4 rings (SSSR count). The number of hydrogen-bond acceptors (Lipinski definition) is 5. The molecular formula is C26H30N4O3S. The van der Waals surface area contributed by atoms with Crippen LogP contribution >= 0.6 is 11.8 Å². The van der Waals surface area contributed by atoms with Crippen LogP contribution < -0.4 is 10.1 Å². The van der Waals surface area contributed by atoms with Gasteiger partial charge in [0.1, 0.15) is 5.75 Å². The van der Waals surface area contributed by atoms with Gasteiger partial charge in [-0.05, 0) is 54.8 Å². The Morgan fingerprint density at radius 2 is 1.85 bits per heavy atom. The van der Waals surface area contributed by atoms with Crippen molar-refractivity contribution >= 4 is 29.3 Å². The van der Waals surface area contributed by atoms with Gasteiger partial charge in [-0.15, -0.1) is 0 Å². The molecule has 0 spiro atoms. The quantitative estimate of drug-likeness (QED) is 0.488. The normalized spacial score (nSPS) is 16.1. The summed E-state index contributed by atoms with van der Waals surface area (Å²) in [6.45, 7) is 0.735. The molecule has 2 aromatic carbocycles. The number of benzene rings is 2. The highest BCUT2D eigenvalue weighted by molar-refractivity contribution is 7.99. The zero-order chi connectivity index (χ0) is 23.9. The summed E-state index contributed by atoms with van der Waals surface area (Å²) < 4.78 is 7.16. The molecule has 1 aliphatic heterocycles. The molecule has 0 bridgehead atoms. The highest BCUT2D eigenvalue weighted by atomic mass is 32.2. The van der Waals surface area contributed by atoms with Crippen molar-refractivity contribution in [3.8, 4) is 5.75 Å². The van der Waals surface area contributed by atoms with E-state index in [1.807, 2.05) is 34.8 Å². The fraction of sp³-hybridized carbons (Fsp3) is 0.346. The number of imidazole rings is 1. The summed E-state index contributed by atoms with van der Waals surface area (Å²) in [6, 6.07) is 15.2. The Kier molecular flexibility index (Phi) is 7.90. The Balaban J connectivity index is 1.41. The monoisotopic (exact) mass is 478 g/mol. The van der Waals surface area contributed by atoms with Crippen molar-refractivity contribution in [1.29, 1.82) is 0 Å². The van der Waals surface area contributed by atoms with Crippen molar-refractivity contribution in [1.82, 2.24) is 14.5 Å². The number of hydrogen-bond donors (Lipinski definition) is 1. The number of nitrogens with zero attached hydrogens (tertiary/aromatic N) is 3. The van der Waals surface area contributed by atoms with Crippen LogP contribution in [0, 0.1) is 0 Å². The summed E-state index contributed by atoms with van der Waals surface area (Å²) in [6.07, 6.45) is 7.72. The van der Waals surface area contributed by atoms with Crippen LogP contribution in [0.1, 0.15) is 47.6 Å². The first-order valence-corrected chi connectivity index (χ1v) is 12.5. The minimum Gasteiger partial charge on any atom is -0.497 e. The summed E-state index contributed by atoms with van der Waals surface area (Å²) in [4.78, 5) is 32.0. The number of aryl methyl sites for hydroxylation is 1. The molecule has 0 saturated carbocycles. The highest BCUT2D eigenvalue weighted by Crippen LogP contribution is 2.32. The second-order valence-corrected chi connectivity index (χ2v) is 9.31. The molecule has 0 unspecified atom stereocenters. The lowest BCUT2D eigenvalue weighted by molar-refractivity contribution is -0.113. The fourth-order valence-electron chi connectivity index (χ4n) is 4.20. The lowest BCUT2D eigenvalue weighted by atomic mass is 10.00. The van der Waals surface area contributed by atoms with Gasteiger partial charge in [-0.2, -0.15) is 0 Å². The first-order chi connectivity index (χ1) is 16.5. The number of anilines is 1. The first-order valence-electron chi connectivity index (χ1n) is 11.5. The topological polar surface area (TPSA) is 76.5 Å². The molecule has 1 aromatic heterocycles. The Hall–Kier alpha value is -3.26. The number of methoxy groups -OCH3 is 1. The lowest BCUT2D eigenvalue weighted by Gasteiger charge is -2.31. The van der Waals surface area contributed by atoms with Crippen LogP contribution in [0.15, 0.2) is 66.1 Å². The molecule has 2 amide bonds.